The normalized spacial score (nSPS) is 22.5. The van der Waals surface area contributed by atoms with E-state index in [1.54, 1.807) is 6.92 Å². The van der Waals surface area contributed by atoms with E-state index in [-0.39, 0.29) is 17.9 Å². The second-order valence-corrected chi connectivity index (χ2v) is 6.08. The number of carbonyl (C=O) groups excluding carboxylic acids is 1. The lowest BCUT2D eigenvalue weighted by molar-refractivity contribution is 0.0720. The molecule has 1 fully saturated rings. The predicted molar refractivity (Wildman–Crippen MR) is 77.2 cm³/mol. The number of rotatable bonds is 4. The van der Waals surface area contributed by atoms with Crippen LogP contribution in [0.5, 0.6) is 0 Å². The minimum absolute atomic E-state index is 0.000516. The van der Waals surface area contributed by atoms with Crippen LogP contribution in [0.4, 0.5) is 0 Å². The van der Waals surface area contributed by atoms with E-state index < -0.39 is 5.38 Å². The molecule has 1 saturated heterocycles. The van der Waals surface area contributed by atoms with Crippen molar-refractivity contribution < 1.29 is 9.53 Å². The van der Waals surface area contributed by atoms with E-state index in [1.807, 2.05) is 19.9 Å². The fourth-order valence-corrected chi connectivity index (χ4v) is 3.13. The Morgan fingerprint density at radius 3 is 2.68 bits per heavy atom. The van der Waals surface area contributed by atoms with Crippen LogP contribution in [0, 0.1) is 13.8 Å². The van der Waals surface area contributed by atoms with Crippen LogP contribution in [-0.4, -0.2) is 28.4 Å². The highest BCUT2D eigenvalue weighted by molar-refractivity contribution is 6.33. The Kier molecular flexibility index (Phi) is 4.36. The summed E-state index contributed by atoms with van der Waals surface area (Å²) in [5.74, 6) is 0.000516. The van der Waals surface area contributed by atoms with Crippen molar-refractivity contribution >= 4 is 17.4 Å². The molecule has 2 heterocycles. The molecule has 19 heavy (non-hydrogen) atoms. The van der Waals surface area contributed by atoms with Crippen molar-refractivity contribution in [2.45, 2.75) is 58.1 Å². The van der Waals surface area contributed by atoms with Crippen LogP contribution in [0.1, 0.15) is 54.5 Å². The lowest BCUT2D eigenvalue weighted by Crippen LogP contribution is -2.23. The first-order valence-electron chi connectivity index (χ1n) is 6.91. The van der Waals surface area contributed by atoms with Crippen LogP contribution in [-0.2, 0) is 4.74 Å². The van der Waals surface area contributed by atoms with Crippen LogP contribution < -0.4 is 0 Å². The fourth-order valence-electron chi connectivity index (χ4n) is 3.02. The Labute approximate surface area is 119 Å². The smallest absolute Gasteiger partial charge is 0.182 e. The number of hydrogen-bond acceptors (Lipinski definition) is 2. The van der Waals surface area contributed by atoms with Crippen molar-refractivity contribution in [1.29, 1.82) is 0 Å². The third-order valence-electron chi connectivity index (χ3n) is 4.02. The number of aromatic nitrogens is 1. The van der Waals surface area contributed by atoms with Crippen molar-refractivity contribution in [2.75, 3.05) is 6.61 Å². The summed E-state index contributed by atoms with van der Waals surface area (Å²) in [6.45, 7) is 8.76. The Hall–Kier alpha value is -0.800. The highest BCUT2D eigenvalue weighted by Crippen LogP contribution is 2.29. The summed E-state index contributed by atoms with van der Waals surface area (Å²) < 4.78 is 7.98. The molecule has 2 rings (SSSR count). The first kappa shape index (κ1) is 14.6. The molecule has 1 aromatic rings. The zero-order chi connectivity index (χ0) is 14.2. The molecule has 106 valence electrons. The maximum Gasteiger partial charge on any atom is 0.182 e. The van der Waals surface area contributed by atoms with Crippen LogP contribution in [0.2, 0.25) is 0 Å². The molecule has 0 aromatic carbocycles. The summed E-state index contributed by atoms with van der Waals surface area (Å²) in [4.78, 5) is 12.1. The number of nitrogens with zero attached hydrogens (tertiary/aromatic N) is 1. The molecule has 1 aromatic heterocycles. The molecule has 0 bridgehead atoms. The summed E-state index contributed by atoms with van der Waals surface area (Å²) in [7, 11) is 0. The molecule has 0 radical (unpaired) electrons. The van der Waals surface area contributed by atoms with Gasteiger partial charge in [0.1, 0.15) is 0 Å². The zero-order valence-corrected chi connectivity index (χ0v) is 12.8. The van der Waals surface area contributed by atoms with Gasteiger partial charge in [-0.25, -0.2) is 0 Å². The van der Waals surface area contributed by atoms with Gasteiger partial charge in [0, 0.05) is 23.6 Å². The maximum atomic E-state index is 12.1. The van der Waals surface area contributed by atoms with E-state index in [0.717, 1.165) is 36.4 Å². The van der Waals surface area contributed by atoms with Gasteiger partial charge in [0.2, 0.25) is 0 Å². The van der Waals surface area contributed by atoms with Crippen molar-refractivity contribution in [3.8, 4) is 0 Å². The van der Waals surface area contributed by atoms with Crippen molar-refractivity contribution in [3.05, 3.63) is 23.0 Å². The quantitative estimate of drug-likeness (QED) is 0.624. The molecular weight excluding hydrogens is 262 g/mol. The summed E-state index contributed by atoms with van der Waals surface area (Å²) in [6.07, 6.45) is 2.47. The molecule has 3 atom stereocenters. The third kappa shape index (κ3) is 2.72. The Morgan fingerprint density at radius 2 is 2.16 bits per heavy atom. The summed E-state index contributed by atoms with van der Waals surface area (Å²) >= 11 is 5.92. The summed E-state index contributed by atoms with van der Waals surface area (Å²) in [5, 5.41) is -0.480. The zero-order valence-electron chi connectivity index (χ0n) is 12.1. The summed E-state index contributed by atoms with van der Waals surface area (Å²) in [6, 6.07) is 2.21. The van der Waals surface area contributed by atoms with Crippen LogP contribution in [0.3, 0.4) is 0 Å². The van der Waals surface area contributed by atoms with Gasteiger partial charge in [0.25, 0.3) is 0 Å². The molecule has 1 aliphatic heterocycles. The number of hydrogen-bond donors (Lipinski definition) is 0. The van der Waals surface area contributed by atoms with E-state index in [4.69, 9.17) is 16.3 Å². The molecular formula is C15H22ClNO2. The minimum Gasteiger partial charge on any atom is -0.376 e. The standard InChI is InChI=1S/C15H22ClNO2/c1-9-8-13(15(18)10(2)16)11(3)17(9)12(4)14-6-5-7-19-14/h8,10,12,14H,5-7H2,1-4H3. The molecule has 1 aliphatic rings. The summed E-state index contributed by atoms with van der Waals surface area (Å²) in [5.41, 5.74) is 2.84. The minimum atomic E-state index is -0.480. The first-order chi connectivity index (χ1) is 8.93. The number of halogens is 1. The van der Waals surface area contributed by atoms with E-state index in [1.165, 1.54) is 0 Å². The van der Waals surface area contributed by atoms with Crippen molar-refractivity contribution in [2.24, 2.45) is 0 Å². The highest BCUT2D eigenvalue weighted by Gasteiger charge is 2.27. The SMILES string of the molecule is Cc1cc(C(=O)C(C)Cl)c(C)n1C(C)C1CCCO1. The lowest BCUT2D eigenvalue weighted by atomic mass is 10.1. The Morgan fingerprint density at radius 1 is 1.47 bits per heavy atom. The molecule has 4 heteroatoms. The van der Waals surface area contributed by atoms with Crippen LogP contribution in [0.15, 0.2) is 6.07 Å². The van der Waals surface area contributed by atoms with E-state index in [0.29, 0.717) is 0 Å². The molecule has 0 saturated carbocycles. The second kappa shape index (κ2) is 5.68. The topological polar surface area (TPSA) is 31.2 Å². The molecule has 0 N–H and O–H groups in total. The van der Waals surface area contributed by atoms with E-state index in [9.17, 15) is 4.79 Å². The van der Waals surface area contributed by atoms with Gasteiger partial charge in [0.15, 0.2) is 5.78 Å². The first-order valence-corrected chi connectivity index (χ1v) is 7.35. The van der Waals surface area contributed by atoms with Gasteiger partial charge in [-0.3, -0.25) is 4.79 Å². The Bertz CT molecular complexity index is 473. The number of ketones is 1. The largest absolute Gasteiger partial charge is 0.376 e. The van der Waals surface area contributed by atoms with Crippen LogP contribution in [0.25, 0.3) is 0 Å². The van der Waals surface area contributed by atoms with E-state index >= 15 is 0 Å². The van der Waals surface area contributed by atoms with Gasteiger partial charge in [-0.2, -0.15) is 0 Å². The monoisotopic (exact) mass is 283 g/mol. The Balaban J connectivity index is 2.33. The number of ether oxygens (including phenoxy) is 1. The average Bonchev–Trinajstić information content (AvgIpc) is 2.96. The third-order valence-corrected chi connectivity index (χ3v) is 4.22. The predicted octanol–water partition coefficient (Wildman–Crippen LogP) is 3.65. The molecule has 0 spiro atoms. The van der Waals surface area contributed by atoms with Gasteiger partial charge < -0.3 is 9.30 Å². The van der Waals surface area contributed by atoms with Crippen LogP contribution >= 0.6 is 11.6 Å². The van der Waals surface area contributed by atoms with Crippen molar-refractivity contribution in [1.82, 2.24) is 4.57 Å². The molecule has 0 aliphatic carbocycles. The number of aryl methyl sites for hydroxylation is 1. The van der Waals surface area contributed by atoms with Gasteiger partial charge >= 0.3 is 0 Å². The van der Waals surface area contributed by atoms with E-state index in [2.05, 4.69) is 11.5 Å². The highest BCUT2D eigenvalue weighted by atomic mass is 35.5. The second-order valence-electron chi connectivity index (χ2n) is 5.43. The number of alkyl halides is 1. The van der Waals surface area contributed by atoms with Gasteiger partial charge in [-0.05, 0) is 46.6 Å². The molecule has 0 amide bonds. The maximum absolute atomic E-state index is 12.1. The van der Waals surface area contributed by atoms with Gasteiger partial charge in [0.05, 0.1) is 17.5 Å². The number of carbonyl (C=O) groups is 1. The molecule has 3 nitrogen and oxygen atoms in total. The number of Topliss-reactive ketones (excluding diaryl/α,β-unsaturated/α-hetero) is 1. The molecule has 3 unspecified atom stereocenters. The fraction of sp³-hybridized carbons (Fsp3) is 0.667. The average molecular weight is 284 g/mol. The van der Waals surface area contributed by atoms with Crippen molar-refractivity contribution in [3.63, 3.8) is 0 Å². The van der Waals surface area contributed by atoms with Gasteiger partial charge in [-0.15, -0.1) is 11.6 Å². The lowest BCUT2D eigenvalue weighted by Gasteiger charge is -2.24. The van der Waals surface area contributed by atoms with Gasteiger partial charge in [-0.1, -0.05) is 0 Å².